The van der Waals surface area contributed by atoms with E-state index in [1.807, 2.05) is 6.92 Å². The lowest BCUT2D eigenvalue weighted by Gasteiger charge is -2.20. The second-order valence-corrected chi connectivity index (χ2v) is 13.3. The Morgan fingerprint density at radius 3 is 2.43 bits per heavy atom. The Balaban J connectivity index is 2.70. The van der Waals surface area contributed by atoms with Gasteiger partial charge in [-0.1, -0.05) is 38.6 Å². The fraction of sp³-hybridized carbons (Fsp3) is 0.778. The minimum absolute atomic E-state index is 0.171. The summed E-state index contributed by atoms with van der Waals surface area (Å²) in [5, 5.41) is 8.87. The molecule has 0 aromatic heterocycles. The zero-order chi connectivity index (χ0) is 17.5. The van der Waals surface area contributed by atoms with Crippen LogP contribution in [-0.2, 0) is 14.3 Å². The predicted octanol–water partition coefficient (Wildman–Crippen LogP) is 4.49. The van der Waals surface area contributed by atoms with Gasteiger partial charge in [-0.25, -0.2) is 4.79 Å². The summed E-state index contributed by atoms with van der Waals surface area (Å²) in [6.45, 7) is 9.01. The van der Waals surface area contributed by atoms with Crippen molar-refractivity contribution in [3.8, 4) is 0 Å². The van der Waals surface area contributed by atoms with Gasteiger partial charge in [-0.2, -0.15) is 0 Å². The first-order valence-electron chi connectivity index (χ1n) is 8.81. The number of esters is 1. The number of ether oxygens (including phenoxy) is 1. The SMILES string of the molecule is CCOC(=O)/C(=C/C[C@@H]1CCC[C@H]1CCC(=O)O)C[Si](C)(C)C. The summed E-state index contributed by atoms with van der Waals surface area (Å²) in [5.74, 6) is 0.116. The van der Waals surface area contributed by atoms with Gasteiger partial charge in [0.2, 0.25) is 0 Å². The number of hydrogen-bond acceptors (Lipinski definition) is 3. The van der Waals surface area contributed by atoms with E-state index >= 15 is 0 Å². The van der Waals surface area contributed by atoms with Crippen molar-refractivity contribution in [1.29, 1.82) is 0 Å². The Labute approximate surface area is 141 Å². The highest BCUT2D eigenvalue weighted by Crippen LogP contribution is 2.37. The summed E-state index contributed by atoms with van der Waals surface area (Å²) >= 11 is 0. The van der Waals surface area contributed by atoms with Gasteiger partial charge in [0.15, 0.2) is 0 Å². The van der Waals surface area contributed by atoms with Crippen LogP contribution in [0.15, 0.2) is 11.6 Å². The Morgan fingerprint density at radius 2 is 1.87 bits per heavy atom. The van der Waals surface area contributed by atoms with Gasteiger partial charge >= 0.3 is 11.9 Å². The zero-order valence-corrected chi connectivity index (χ0v) is 16.1. The Morgan fingerprint density at radius 1 is 1.22 bits per heavy atom. The Bertz CT molecular complexity index is 437. The van der Waals surface area contributed by atoms with Gasteiger partial charge in [0.25, 0.3) is 0 Å². The summed E-state index contributed by atoms with van der Waals surface area (Å²) in [7, 11) is -1.38. The molecule has 0 saturated heterocycles. The molecule has 0 aliphatic heterocycles. The molecule has 0 spiro atoms. The summed E-state index contributed by atoms with van der Waals surface area (Å²) in [4.78, 5) is 23.0. The fourth-order valence-electron chi connectivity index (χ4n) is 3.43. The Kier molecular flexibility index (Phi) is 8.03. The van der Waals surface area contributed by atoms with Crippen molar-refractivity contribution >= 4 is 20.0 Å². The van der Waals surface area contributed by atoms with Crippen molar-refractivity contribution < 1.29 is 19.4 Å². The summed E-state index contributed by atoms with van der Waals surface area (Å²) in [6.07, 6.45) is 7.41. The molecular weight excluding hydrogens is 308 g/mol. The molecule has 0 aromatic rings. The third-order valence-electron chi connectivity index (χ3n) is 4.47. The van der Waals surface area contributed by atoms with Crippen LogP contribution in [0, 0.1) is 11.8 Å². The van der Waals surface area contributed by atoms with Crippen LogP contribution in [0.4, 0.5) is 0 Å². The zero-order valence-electron chi connectivity index (χ0n) is 15.1. The number of carbonyl (C=O) groups is 2. The first-order valence-corrected chi connectivity index (χ1v) is 12.5. The van der Waals surface area contributed by atoms with Crippen LogP contribution in [0.5, 0.6) is 0 Å². The van der Waals surface area contributed by atoms with Crippen LogP contribution in [0.3, 0.4) is 0 Å². The maximum absolute atomic E-state index is 12.2. The topological polar surface area (TPSA) is 63.6 Å². The van der Waals surface area contributed by atoms with Crippen LogP contribution in [0.25, 0.3) is 0 Å². The molecule has 0 bridgehead atoms. The number of aliphatic carboxylic acids is 1. The lowest BCUT2D eigenvalue weighted by Crippen LogP contribution is -2.23. The van der Waals surface area contributed by atoms with E-state index in [9.17, 15) is 9.59 Å². The molecule has 23 heavy (non-hydrogen) atoms. The molecule has 1 aliphatic carbocycles. The standard InChI is InChI=1S/C18H32O4Si/c1-5-22-18(21)16(13-23(2,3)4)10-9-14-7-6-8-15(14)11-12-17(19)20/h10,14-15H,5-9,11-13H2,1-4H3,(H,19,20)/b16-10+/t14-,15-/m0/s1. The molecule has 1 N–H and O–H groups in total. The van der Waals surface area contributed by atoms with Crippen molar-refractivity contribution in [3.63, 3.8) is 0 Å². The van der Waals surface area contributed by atoms with E-state index in [4.69, 9.17) is 9.84 Å². The lowest BCUT2D eigenvalue weighted by atomic mass is 9.88. The van der Waals surface area contributed by atoms with Crippen LogP contribution < -0.4 is 0 Å². The summed E-state index contributed by atoms with van der Waals surface area (Å²) in [5.41, 5.74) is 0.829. The van der Waals surface area contributed by atoms with E-state index in [-0.39, 0.29) is 12.4 Å². The minimum atomic E-state index is -1.38. The smallest absolute Gasteiger partial charge is 0.333 e. The molecular formula is C18H32O4Si. The van der Waals surface area contributed by atoms with Crippen molar-refractivity contribution in [2.24, 2.45) is 11.8 Å². The minimum Gasteiger partial charge on any atom is -0.481 e. The molecule has 0 radical (unpaired) electrons. The molecule has 1 aliphatic rings. The third-order valence-corrected chi connectivity index (χ3v) is 5.91. The molecule has 1 fully saturated rings. The second-order valence-electron chi connectivity index (χ2n) is 7.81. The maximum Gasteiger partial charge on any atom is 0.333 e. The normalized spacial score (nSPS) is 22.2. The van der Waals surface area contributed by atoms with Crippen LogP contribution >= 0.6 is 0 Å². The number of hydrogen-bond donors (Lipinski definition) is 1. The second kappa shape index (κ2) is 9.26. The highest BCUT2D eigenvalue weighted by Gasteiger charge is 2.28. The van der Waals surface area contributed by atoms with E-state index in [1.165, 1.54) is 6.42 Å². The highest BCUT2D eigenvalue weighted by atomic mass is 28.3. The molecule has 0 heterocycles. The molecule has 5 heteroatoms. The number of carboxylic acid groups (broad SMARTS) is 1. The lowest BCUT2D eigenvalue weighted by molar-refractivity contribution is -0.139. The molecule has 0 unspecified atom stereocenters. The highest BCUT2D eigenvalue weighted by molar-refractivity contribution is 6.77. The van der Waals surface area contributed by atoms with Crippen LogP contribution in [0.1, 0.15) is 45.4 Å². The van der Waals surface area contributed by atoms with E-state index in [0.717, 1.165) is 37.3 Å². The van der Waals surface area contributed by atoms with Gasteiger partial charge in [-0.3, -0.25) is 4.79 Å². The quantitative estimate of drug-likeness (QED) is 0.382. The summed E-state index contributed by atoms with van der Waals surface area (Å²) < 4.78 is 5.21. The van der Waals surface area contributed by atoms with Crippen molar-refractivity contribution in [3.05, 3.63) is 11.6 Å². The third kappa shape index (κ3) is 7.82. The fourth-order valence-corrected chi connectivity index (χ4v) is 4.86. The first-order chi connectivity index (χ1) is 10.7. The van der Waals surface area contributed by atoms with Gasteiger partial charge in [-0.05, 0) is 44.1 Å². The van der Waals surface area contributed by atoms with Crippen molar-refractivity contribution in [1.82, 2.24) is 0 Å². The summed E-state index contributed by atoms with van der Waals surface area (Å²) in [6, 6.07) is 0.846. The molecule has 0 amide bonds. The van der Waals surface area contributed by atoms with E-state index in [0.29, 0.717) is 18.4 Å². The van der Waals surface area contributed by atoms with Crippen molar-refractivity contribution in [2.45, 2.75) is 71.1 Å². The number of carbonyl (C=O) groups excluding carboxylic acids is 1. The predicted molar refractivity (Wildman–Crippen MR) is 95.2 cm³/mol. The van der Waals surface area contributed by atoms with Crippen LogP contribution in [0.2, 0.25) is 25.7 Å². The molecule has 2 atom stereocenters. The molecule has 1 saturated carbocycles. The van der Waals surface area contributed by atoms with Gasteiger partial charge < -0.3 is 9.84 Å². The number of carboxylic acids is 1. The average Bonchev–Trinajstić information content (AvgIpc) is 2.87. The van der Waals surface area contributed by atoms with Gasteiger partial charge in [-0.15, -0.1) is 0 Å². The van der Waals surface area contributed by atoms with Gasteiger partial charge in [0, 0.05) is 20.1 Å². The average molecular weight is 341 g/mol. The monoisotopic (exact) mass is 340 g/mol. The molecule has 0 aromatic carbocycles. The van der Waals surface area contributed by atoms with Gasteiger partial charge in [0.1, 0.15) is 0 Å². The molecule has 1 rings (SSSR count). The van der Waals surface area contributed by atoms with E-state index in [1.54, 1.807) is 0 Å². The largest absolute Gasteiger partial charge is 0.481 e. The van der Waals surface area contributed by atoms with Crippen LogP contribution in [-0.4, -0.2) is 31.7 Å². The first kappa shape index (κ1) is 19.9. The van der Waals surface area contributed by atoms with E-state index in [2.05, 4.69) is 25.7 Å². The maximum atomic E-state index is 12.2. The molecule has 132 valence electrons. The Hall–Kier alpha value is -1.10. The van der Waals surface area contributed by atoms with E-state index < -0.39 is 14.0 Å². The van der Waals surface area contributed by atoms with Gasteiger partial charge in [0.05, 0.1) is 6.61 Å². The van der Waals surface area contributed by atoms with Crippen molar-refractivity contribution in [2.75, 3.05) is 6.61 Å². The number of rotatable bonds is 9. The molecule has 4 nitrogen and oxygen atoms in total. The number of allylic oxidation sites excluding steroid dienone is 1.